The highest BCUT2D eigenvalue weighted by Gasteiger charge is 2.37. The van der Waals surface area contributed by atoms with Crippen LogP contribution < -0.4 is 4.90 Å². The Morgan fingerprint density at radius 3 is 2.69 bits per heavy atom. The zero-order valence-electron chi connectivity index (χ0n) is 8.50. The first kappa shape index (κ1) is 11.6. The number of thiocarbonyl (C=S) groups is 1. The van der Waals surface area contributed by atoms with Gasteiger partial charge in [-0.15, -0.1) is 0 Å². The van der Waals surface area contributed by atoms with Crippen molar-refractivity contribution in [3.05, 3.63) is 30.3 Å². The van der Waals surface area contributed by atoms with Gasteiger partial charge in [0.25, 0.3) is 0 Å². The van der Waals surface area contributed by atoms with Crippen molar-refractivity contribution < 1.29 is 9.90 Å². The van der Waals surface area contributed by atoms with Crippen LogP contribution in [0, 0.1) is 0 Å². The van der Waals surface area contributed by atoms with Crippen LogP contribution in [-0.2, 0) is 4.79 Å². The highest BCUT2D eigenvalue weighted by Crippen LogP contribution is 2.33. The molecule has 0 spiro atoms. The van der Waals surface area contributed by atoms with Crippen LogP contribution in [0.15, 0.2) is 30.3 Å². The third-order valence-corrected chi connectivity index (χ3v) is 3.90. The van der Waals surface area contributed by atoms with Crippen LogP contribution in [0.3, 0.4) is 0 Å². The number of hydrogen-bond acceptors (Lipinski definition) is 4. The third-order valence-electron chi connectivity index (χ3n) is 2.33. The van der Waals surface area contributed by atoms with Crippen molar-refractivity contribution in [3.8, 4) is 0 Å². The smallest absolute Gasteiger partial charge is 0.246 e. The third kappa shape index (κ3) is 2.11. The van der Waals surface area contributed by atoms with Gasteiger partial charge in [-0.2, -0.15) is 0 Å². The lowest BCUT2D eigenvalue weighted by Gasteiger charge is -2.15. The maximum absolute atomic E-state index is 12.0. The molecule has 1 heterocycles. The number of hydrogen-bond donors (Lipinski definition) is 1. The second-order valence-corrected chi connectivity index (χ2v) is 5.23. The maximum Gasteiger partial charge on any atom is 0.246 e. The molecular weight excluding hydrogens is 242 g/mol. The Hall–Kier alpha value is -0.910. The van der Waals surface area contributed by atoms with Crippen LogP contribution in [-0.4, -0.2) is 27.2 Å². The quantitative estimate of drug-likeness (QED) is 0.834. The van der Waals surface area contributed by atoms with Crippen molar-refractivity contribution in [2.24, 2.45) is 0 Å². The monoisotopic (exact) mass is 253 g/mol. The van der Waals surface area contributed by atoms with Gasteiger partial charge in [-0.3, -0.25) is 9.69 Å². The first-order valence-corrected chi connectivity index (χ1v) is 6.23. The summed E-state index contributed by atoms with van der Waals surface area (Å²) in [4.78, 5) is 13.6. The fourth-order valence-corrected chi connectivity index (χ4v) is 3.09. The summed E-state index contributed by atoms with van der Waals surface area (Å²) in [5, 5.41) is 8.62. The molecule has 0 aliphatic carbocycles. The molecule has 0 bridgehead atoms. The van der Waals surface area contributed by atoms with Gasteiger partial charge in [-0.1, -0.05) is 42.2 Å². The number of anilines is 1. The number of rotatable bonds is 3. The Labute approximate surface area is 103 Å². The molecule has 1 aliphatic rings. The van der Waals surface area contributed by atoms with E-state index in [-0.39, 0.29) is 17.8 Å². The van der Waals surface area contributed by atoms with Gasteiger partial charge in [0.05, 0.1) is 10.9 Å². The van der Waals surface area contributed by atoms with Crippen LogP contribution in [0.1, 0.15) is 6.42 Å². The molecular formula is C11H11NO2S2. The molecule has 1 N–H and O–H groups in total. The second kappa shape index (κ2) is 4.95. The Morgan fingerprint density at radius 1 is 1.38 bits per heavy atom. The highest BCUT2D eigenvalue weighted by molar-refractivity contribution is 8.25. The lowest BCUT2D eigenvalue weighted by atomic mass is 10.2. The van der Waals surface area contributed by atoms with E-state index in [1.165, 1.54) is 11.8 Å². The van der Waals surface area contributed by atoms with Crippen molar-refractivity contribution in [2.75, 3.05) is 11.5 Å². The molecule has 1 unspecified atom stereocenters. The van der Waals surface area contributed by atoms with Crippen LogP contribution in [0.25, 0.3) is 0 Å². The number of nitrogens with zero attached hydrogens (tertiary/aromatic N) is 1. The first-order chi connectivity index (χ1) is 7.74. The molecule has 1 saturated heterocycles. The van der Waals surface area contributed by atoms with Gasteiger partial charge in [-0.05, 0) is 18.6 Å². The molecule has 1 aromatic rings. The van der Waals surface area contributed by atoms with E-state index in [0.29, 0.717) is 10.7 Å². The Balaban J connectivity index is 2.23. The van der Waals surface area contributed by atoms with Crippen LogP contribution >= 0.6 is 24.0 Å². The molecule has 16 heavy (non-hydrogen) atoms. The van der Waals surface area contributed by atoms with Gasteiger partial charge >= 0.3 is 0 Å². The standard InChI is InChI=1S/C11H11NO2S2/c13-7-6-9-10(14)12(11(15)16-9)8-4-2-1-3-5-8/h1-5,9,13H,6-7H2. The molecule has 1 atom stereocenters. The van der Waals surface area contributed by atoms with E-state index in [4.69, 9.17) is 17.3 Å². The number of carbonyl (C=O) groups is 1. The number of amides is 1. The molecule has 1 aliphatic heterocycles. The van der Waals surface area contributed by atoms with E-state index in [2.05, 4.69) is 0 Å². The van der Waals surface area contributed by atoms with Gasteiger partial charge in [0.2, 0.25) is 5.91 Å². The highest BCUT2D eigenvalue weighted by atomic mass is 32.2. The van der Waals surface area contributed by atoms with Gasteiger partial charge in [-0.25, -0.2) is 0 Å². The van der Waals surface area contributed by atoms with Gasteiger partial charge in [0, 0.05) is 6.61 Å². The summed E-state index contributed by atoms with van der Waals surface area (Å²) in [6.45, 7) is 0.00858. The van der Waals surface area contributed by atoms with E-state index in [1.54, 1.807) is 4.90 Å². The Kier molecular flexibility index (Phi) is 3.58. The van der Waals surface area contributed by atoms with E-state index in [1.807, 2.05) is 30.3 Å². The second-order valence-electron chi connectivity index (χ2n) is 3.39. The van der Waals surface area contributed by atoms with E-state index >= 15 is 0 Å². The lowest BCUT2D eigenvalue weighted by Crippen LogP contribution is -2.31. The number of para-hydroxylation sites is 1. The summed E-state index contributed by atoms with van der Waals surface area (Å²) < 4.78 is 0.564. The minimum atomic E-state index is -0.238. The number of benzene rings is 1. The van der Waals surface area contributed by atoms with Gasteiger partial charge < -0.3 is 5.11 Å². The molecule has 5 heteroatoms. The zero-order chi connectivity index (χ0) is 11.5. The van der Waals surface area contributed by atoms with Crippen molar-refractivity contribution >= 4 is 39.9 Å². The van der Waals surface area contributed by atoms with Crippen molar-refractivity contribution in [1.29, 1.82) is 0 Å². The zero-order valence-corrected chi connectivity index (χ0v) is 10.1. The predicted molar refractivity (Wildman–Crippen MR) is 69.6 cm³/mol. The largest absolute Gasteiger partial charge is 0.396 e. The summed E-state index contributed by atoms with van der Waals surface area (Å²) in [5.41, 5.74) is 0.797. The molecule has 1 amide bonds. The fourth-order valence-electron chi connectivity index (χ4n) is 1.57. The first-order valence-electron chi connectivity index (χ1n) is 4.94. The molecule has 1 fully saturated rings. The predicted octanol–water partition coefficient (Wildman–Crippen LogP) is 1.80. The summed E-state index contributed by atoms with van der Waals surface area (Å²) in [6, 6.07) is 9.34. The topological polar surface area (TPSA) is 40.5 Å². The maximum atomic E-state index is 12.0. The average Bonchev–Trinajstić information content (AvgIpc) is 2.56. The number of carbonyl (C=O) groups excluding carboxylic acids is 1. The molecule has 3 nitrogen and oxygen atoms in total. The Morgan fingerprint density at radius 2 is 2.06 bits per heavy atom. The normalized spacial score (nSPS) is 20.6. The molecule has 84 valence electrons. The average molecular weight is 253 g/mol. The summed E-state index contributed by atoms with van der Waals surface area (Å²) in [7, 11) is 0. The number of thioether (sulfide) groups is 1. The SMILES string of the molecule is O=C1C(CCO)SC(=S)N1c1ccccc1. The molecule has 1 aromatic carbocycles. The summed E-state index contributed by atoms with van der Waals surface area (Å²) >= 11 is 6.53. The van der Waals surface area contributed by atoms with E-state index < -0.39 is 0 Å². The van der Waals surface area contributed by atoms with E-state index in [0.717, 1.165) is 5.69 Å². The number of aliphatic hydroxyl groups excluding tert-OH is 1. The Bertz CT molecular complexity index is 408. The lowest BCUT2D eigenvalue weighted by molar-refractivity contribution is -0.117. The molecule has 0 saturated carbocycles. The van der Waals surface area contributed by atoms with Crippen molar-refractivity contribution in [2.45, 2.75) is 11.7 Å². The van der Waals surface area contributed by atoms with Crippen LogP contribution in [0.2, 0.25) is 0 Å². The van der Waals surface area contributed by atoms with Crippen LogP contribution in [0.5, 0.6) is 0 Å². The summed E-state index contributed by atoms with van der Waals surface area (Å²) in [5.74, 6) is -0.0322. The summed E-state index contributed by atoms with van der Waals surface area (Å²) in [6.07, 6.45) is 0.451. The fraction of sp³-hybridized carbons (Fsp3) is 0.273. The van der Waals surface area contributed by atoms with Gasteiger partial charge in [0.15, 0.2) is 0 Å². The minimum absolute atomic E-state index is 0.00858. The van der Waals surface area contributed by atoms with E-state index in [9.17, 15) is 4.79 Å². The van der Waals surface area contributed by atoms with Crippen molar-refractivity contribution in [1.82, 2.24) is 0 Å². The van der Waals surface area contributed by atoms with Gasteiger partial charge in [0.1, 0.15) is 4.32 Å². The molecule has 2 rings (SSSR count). The van der Waals surface area contributed by atoms with Crippen molar-refractivity contribution in [3.63, 3.8) is 0 Å². The van der Waals surface area contributed by atoms with Crippen LogP contribution in [0.4, 0.5) is 5.69 Å². The number of aliphatic hydroxyl groups is 1. The minimum Gasteiger partial charge on any atom is -0.396 e. The molecule has 0 aromatic heterocycles. The molecule has 0 radical (unpaired) electrons.